The number of Topliss-reactive ketones (excluding diaryl/α,β-unsaturated/α-hetero) is 1. The highest BCUT2D eigenvalue weighted by Gasteiger charge is 2.22. The molecule has 0 unspecified atom stereocenters. The molecule has 4 nitrogen and oxygen atoms in total. The molecule has 0 fully saturated rings. The second-order valence-electron chi connectivity index (χ2n) is 2.91. The lowest BCUT2D eigenvalue weighted by molar-refractivity contribution is -0.385. The molecule has 74 valence electrons. The molecular weight excluding hydrogens is 206 g/mol. The molecule has 0 aliphatic rings. The maximum Gasteiger partial charge on any atom is 0.298 e. The van der Waals surface area contributed by atoms with Gasteiger partial charge in [0.1, 0.15) is 5.02 Å². The summed E-state index contributed by atoms with van der Waals surface area (Å²) in [6.07, 6.45) is 0. The lowest BCUT2D eigenvalue weighted by atomic mass is 10.1. The third-order valence-corrected chi connectivity index (χ3v) is 2.35. The molecule has 0 heterocycles. The molecule has 1 aromatic carbocycles. The van der Waals surface area contributed by atoms with Crippen molar-refractivity contribution in [2.24, 2.45) is 0 Å². The summed E-state index contributed by atoms with van der Waals surface area (Å²) >= 11 is 5.74. The lowest BCUT2D eigenvalue weighted by Gasteiger charge is -2.03. The van der Waals surface area contributed by atoms with Crippen molar-refractivity contribution in [2.45, 2.75) is 13.8 Å². The van der Waals surface area contributed by atoms with E-state index in [-0.39, 0.29) is 22.1 Å². The smallest absolute Gasteiger partial charge is 0.294 e. The number of halogens is 1. The van der Waals surface area contributed by atoms with Crippen molar-refractivity contribution in [3.05, 3.63) is 38.4 Å². The van der Waals surface area contributed by atoms with Crippen molar-refractivity contribution in [2.75, 3.05) is 0 Å². The lowest BCUT2D eigenvalue weighted by Crippen LogP contribution is -2.01. The number of nitro groups is 1. The molecule has 0 aromatic heterocycles. The standard InChI is InChI=1S/C9H8ClNO3/c1-5-3-4-7(6(2)12)9(8(5)10)11(13)14/h3-4H,1-2H3. The minimum atomic E-state index is -0.633. The van der Waals surface area contributed by atoms with Crippen molar-refractivity contribution < 1.29 is 9.72 Å². The minimum absolute atomic E-state index is 0.0303. The number of carbonyl (C=O) groups excluding carboxylic acids is 1. The number of rotatable bonds is 2. The van der Waals surface area contributed by atoms with Crippen molar-refractivity contribution in [3.63, 3.8) is 0 Å². The average Bonchev–Trinajstić information content (AvgIpc) is 2.08. The van der Waals surface area contributed by atoms with Crippen LogP contribution in [0.2, 0.25) is 5.02 Å². The number of hydrogen-bond acceptors (Lipinski definition) is 3. The maximum absolute atomic E-state index is 11.1. The molecule has 0 aliphatic heterocycles. The van der Waals surface area contributed by atoms with Crippen LogP contribution < -0.4 is 0 Å². The number of hydrogen-bond donors (Lipinski definition) is 0. The zero-order valence-electron chi connectivity index (χ0n) is 7.70. The first-order chi connectivity index (χ1) is 6.45. The third kappa shape index (κ3) is 1.75. The Labute approximate surface area is 85.6 Å². The van der Waals surface area contributed by atoms with E-state index in [1.165, 1.54) is 13.0 Å². The molecule has 0 radical (unpaired) electrons. The van der Waals surface area contributed by atoms with Crippen LogP contribution >= 0.6 is 11.6 Å². The first-order valence-electron chi connectivity index (χ1n) is 3.89. The summed E-state index contributed by atoms with van der Waals surface area (Å²) in [4.78, 5) is 21.1. The van der Waals surface area contributed by atoms with E-state index < -0.39 is 4.92 Å². The van der Waals surface area contributed by atoms with Gasteiger partial charge >= 0.3 is 0 Å². The highest BCUT2D eigenvalue weighted by atomic mass is 35.5. The molecule has 0 amide bonds. The molecular formula is C9H8ClNO3. The van der Waals surface area contributed by atoms with Gasteiger partial charge in [0.05, 0.1) is 10.5 Å². The van der Waals surface area contributed by atoms with Gasteiger partial charge in [0, 0.05) is 0 Å². The van der Waals surface area contributed by atoms with Gasteiger partial charge < -0.3 is 0 Å². The topological polar surface area (TPSA) is 60.2 Å². The highest BCUT2D eigenvalue weighted by Crippen LogP contribution is 2.31. The largest absolute Gasteiger partial charge is 0.298 e. The van der Waals surface area contributed by atoms with Crippen LogP contribution in [0.5, 0.6) is 0 Å². The second-order valence-corrected chi connectivity index (χ2v) is 3.28. The van der Waals surface area contributed by atoms with Gasteiger partial charge in [0.2, 0.25) is 0 Å². The van der Waals surface area contributed by atoms with Crippen molar-refractivity contribution >= 4 is 23.1 Å². The first-order valence-corrected chi connectivity index (χ1v) is 4.27. The van der Waals surface area contributed by atoms with Crippen molar-refractivity contribution in [1.29, 1.82) is 0 Å². The van der Waals surface area contributed by atoms with Crippen LogP contribution in [0.1, 0.15) is 22.8 Å². The summed E-state index contributed by atoms with van der Waals surface area (Å²) in [5.41, 5.74) is 0.327. The summed E-state index contributed by atoms with van der Waals surface area (Å²) < 4.78 is 0. The molecule has 0 saturated carbocycles. The Hall–Kier alpha value is -1.42. The third-order valence-electron chi connectivity index (χ3n) is 1.87. The van der Waals surface area contributed by atoms with Gasteiger partial charge in [-0.05, 0) is 25.5 Å². The van der Waals surface area contributed by atoms with E-state index in [9.17, 15) is 14.9 Å². The van der Waals surface area contributed by atoms with Crippen LogP contribution in [0.25, 0.3) is 0 Å². The van der Waals surface area contributed by atoms with Crippen molar-refractivity contribution in [3.8, 4) is 0 Å². The summed E-state index contributed by atoms with van der Waals surface area (Å²) in [7, 11) is 0. The molecule has 0 atom stereocenters. The summed E-state index contributed by atoms with van der Waals surface area (Å²) in [5, 5.41) is 10.7. The SMILES string of the molecule is CC(=O)c1ccc(C)c(Cl)c1[N+](=O)[O-]. The Morgan fingerprint density at radius 2 is 2.07 bits per heavy atom. The van der Waals surface area contributed by atoms with Gasteiger partial charge in [0.15, 0.2) is 5.78 Å². The van der Waals surface area contributed by atoms with E-state index in [0.717, 1.165) is 0 Å². The Morgan fingerprint density at radius 1 is 1.50 bits per heavy atom. The van der Waals surface area contributed by atoms with Crippen LogP contribution in [-0.4, -0.2) is 10.7 Å². The Kier molecular flexibility index (Phi) is 2.86. The zero-order chi connectivity index (χ0) is 10.9. The highest BCUT2D eigenvalue weighted by molar-refractivity contribution is 6.34. The Bertz CT molecular complexity index is 415. The van der Waals surface area contributed by atoms with E-state index in [2.05, 4.69) is 0 Å². The van der Waals surface area contributed by atoms with E-state index in [1.54, 1.807) is 13.0 Å². The van der Waals surface area contributed by atoms with Crippen LogP contribution in [-0.2, 0) is 0 Å². The molecule has 5 heteroatoms. The Balaban J connectivity index is 3.53. The molecule has 0 spiro atoms. The molecule has 0 saturated heterocycles. The van der Waals surface area contributed by atoms with Gasteiger partial charge in [-0.1, -0.05) is 17.7 Å². The molecule has 14 heavy (non-hydrogen) atoms. The minimum Gasteiger partial charge on any atom is -0.294 e. The van der Waals surface area contributed by atoms with E-state index in [0.29, 0.717) is 5.56 Å². The number of carbonyl (C=O) groups is 1. The van der Waals surface area contributed by atoms with Gasteiger partial charge in [-0.2, -0.15) is 0 Å². The summed E-state index contributed by atoms with van der Waals surface area (Å²) in [6.45, 7) is 2.92. The molecule has 1 rings (SSSR count). The first kappa shape index (κ1) is 10.7. The van der Waals surface area contributed by atoms with Crippen LogP contribution in [0.4, 0.5) is 5.69 Å². The maximum atomic E-state index is 11.1. The van der Waals surface area contributed by atoms with E-state index >= 15 is 0 Å². The monoisotopic (exact) mass is 213 g/mol. The summed E-state index contributed by atoms with van der Waals surface area (Å²) in [5.74, 6) is -0.362. The fraction of sp³-hybridized carbons (Fsp3) is 0.222. The number of aryl methyl sites for hydroxylation is 1. The second kappa shape index (κ2) is 3.75. The fourth-order valence-electron chi connectivity index (χ4n) is 1.13. The predicted octanol–water partition coefficient (Wildman–Crippen LogP) is 2.76. The average molecular weight is 214 g/mol. The molecule has 1 aromatic rings. The predicted molar refractivity (Wildman–Crippen MR) is 52.8 cm³/mol. The molecule has 0 N–H and O–H groups in total. The van der Waals surface area contributed by atoms with Gasteiger partial charge in [0.25, 0.3) is 5.69 Å². The quantitative estimate of drug-likeness (QED) is 0.431. The van der Waals surface area contributed by atoms with Gasteiger partial charge in [-0.15, -0.1) is 0 Å². The summed E-state index contributed by atoms with van der Waals surface area (Å²) in [6, 6.07) is 3.01. The van der Waals surface area contributed by atoms with Gasteiger partial charge in [-0.25, -0.2) is 0 Å². The Morgan fingerprint density at radius 3 is 2.50 bits per heavy atom. The number of nitro benzene ring substituents is 1. The zero-order valence-corrected chi connectivity index (χ0v) is 8.46. The van der Waals surface area contributed by atoms with E-state index in [1.807, 2.05) is 0 Å². The van der Waals surface area contributed by atoms with Crippen LogP contribution in [0.3, 0.4) is 0 Å². The normalized spacial score (nSPS) is 9.93. The molecule has 0 bridgehead atoms. The fourth-order valence-corrected chi connectivity index (χ4v) is 1.36. The van der Waals surface area contributed by atoms with E-state index in [4.69, 9.17) is 11.6 Å². The number of ketones is 1. The number of nitrogens with zero attached hydrogens (tertiary/aromatic N) is 1. The van der Waals surface area contributed by atoms with Crippen LogP contribution in [0, 0.1) is 17.0 Å². The number of benzene rings is 1. The van der Waals surface area contributed by atoms with Crippen LogP contribution in [0.15, 0.2) is 12.1 Å². The molecule has 0 aliphatic carbocycles. The van der Waals surface area contributed by atoms with Crippen molar-refractivity contribution in [1.82, 2.24) is 0 Å². The van der Waals surface area contributed by atoms with Gasteiger partial charge in [-0.3, -0.25) is 14.9 Å².